The largest absolute Gasteiger partial charge is 0.348 e. The Balaban J connectivity index is 2.05. The molecule has 1 amide bonds. The Labute approximate surface area is 118 Å². The predicted molar refractivity (Wildman–Crippen MR) is 79.1 cm³/mol. The maximum atomic E-state index is 12.1. The highest BCUT2D eigenvalue weighted by molar-refractivity contribution is 5.94. The first-order valence-electron chi connectivity index (χ1n) is 6.37. The highest BCUT2D eigenvalue weighted by atomic mass is 16.1. The Morgan fingerprint density at radius 3 is 2.70 bits per heavy atom. The van der Waals surface area contributed by atoms with Gasteiger partial charge in [-0.2, -0.15) is 0 Å². The highest BCUT2D eigenvalue weighted by Gasteiger charge is 2.08. The maximum absolute atomic E-state index is 12.1. The number of aryl methyl sites for hydroxylation is 2. The number of pyridine rings is 1. The fourth-order valence-corrected chi connectivity index (χ4v) is 1.93. The third kappa shape index (κ3) is 3.13. The number of hydrogen-bond acceptors (Lipinski definition) is 4. The summed E-state index contributed by atoms with van der Waals surface area (Å²) in [4.78, 5) is 16.2. The lowest BCUT2D eigenvalue weighted by Gasteiger charge is -2.09. The third-order valence-electron chi connectivity index (χ3n) is 3.23. The molecule has 0 spiro atoms. The molecule has 1 aromatic carbocycles. The number of carbonyl (C=O) groups is 1. The quantitative estimate of drug-likeness (QED) is 0.585. The van der Waals surface area contributed by atoms with E-state index in [4.69, 9.17) is 5.84 Å². The molecule has 0 radical (unpaired) electrons. The molecule has 0 fully saturated rings. The van der Waals surface area contributed by atoms with Gasteiger partial charge in [-0.05, 0) is 54.8 Å². The zero-order valence-electron chi connectivity index (χ0n) is 11.6. The summed E-state index contributed by atoms with van der Waals surface area (Å²) >= 11 is 0. The zero-order valence-corrected chi connectivity index (χ0v) is 11.6. The number of aromatic nitrogens is 1. The van der Waals surface area contributed by atoms with E-state index in [1.807, 2.05) is 19.9 Å². The van der Waals surface area contributed by atoms with Crippen LogP contribution in [0, 0.1) is 13.8 Å². The van der Waals surface area contributed by atoms with E-state index in [2.05, 4.69) is 15.7 Å². The van der Waals surface area contributed by atoms with Gasteiger partial charge in [-0.25, -0.2) is 0 Å². The van der Waals surface area contributed by atoms with E-state index in [9.17, 15) is 4.79 Å². The molecule has 0 aliphatic carbocycles. The lowest BCUT2D eigenvalue weighted by Crippen LogP contribution is -2.23. The molecule has 4 N–H and O–H groups in total. The minimum absolute atomic E-state index is 0.111. The lowest BCUT2D eigenvalue weighted by molar-refractivity contribution is 0.0951. The van der Waals surface area contributed by atoms with E-state index >= 15 is 0 Å². The van der Waals surface area contributed by atoms with Crippen molar-refractivity contribution in [3.63, 3.8) is 0 Å². The van der Waals surface area contributed by atoms with Gasteiger partial charge in [0, 0.05) is 24.5 Å². The average Bonchev–Trinajstić information content (AvgIpc) is 2.46. The number of nitrogen functional groups attached to an aromatic ring is 1. The minimum atomic E-state index is -0.111. The van der Waals surface area contributed by atoms with Gasteiger partial charge in [0.15, 0.2) is 0 Å². The van der Waals surface area contributed by atoms with Crippen LogP contribution in [0.2, 0.25) is 0 Å². The predicted octanol–water partition coefficient (Wildman–Crippen LogP) is 1.91. The van der Waals surface area contributed by atoms with E-state index in [0.29, 0.717) is 12.1 Å². The van der Waals surface area contributed by atoms with Crippen LogP contribution in [0.5, 0.6) is 0 Å². The molecule has 20 heavy (non-hydrogen) atoms. The summed E-state index contributed by atoms with van der Waals surface area (Å²) in [5.41, 5.74) is 7.06. The monoisotopic (exact) mass is 270 g/mol. The smallest absolute Gasteiger partial charge is 0.251 e. The average molecular weight is 270 g/mol. The first-order chi connectivity index (χ1) is 9.61. The molecular formula is C15H18N4O. The number of amides is 1. The molecule has 0 saturated heterocycles. The number of carbonyl (C=O) groups excluding carboxylic acids is 1. The van der Waals surface area contributed by atoms with Crippen molar-refractivity contribution < 1.29 is 4.79 Å². The number of nitrogens with two attached hydrogens (primary N) is 1. The number of benzene rings is 1. The maximum Gasteiger partial charge on any atom is 0.251 e. The number of anilines is 1. The fourth-order valence-electron chi connectivity index (χ4n) is 1.93. The minimum Gasteiger partial charge on any atom is -0.348 e. The summed E-state index contributed by atoms with van der Waals surface area (Å²) in [5.74, 6) is 5.26. The second kappa shape index (κ2) is 6.16. The van der Waals surface area contributed by atoms with Crippen LogP contribution in [0.3, 0.4) is 0 Å². The van der Waals surface area contributed by atoms with Gasteiger partial charge in [-0.15, -0.1) is 0 Å². The van der Waals surface area contributed by atoms with E-state index in [1.54, 1.807) is 30.6 Å². The van der Waals surface area contributed by atoms with Crippen molar-refractivity contribution >= 4 is 11.6 Å². The molecule has 2 aromatic rings. The molecule has 104 valence electrons. The van der Waals surface area contributed by atoms with Crippen molar-refractivity contribution in [2.45, 2.75) is 20.4 Å². The zero-order chi connectivity index (χ0) is 14.5. The Kier molecular flexibility index (Phi) is 4.32. The summed E-state index contributed by atoms with van der Waals surface area (Å²) in [7, 11) is 0. The normalized spacial score (nSPS) is 10.2. The summed E-state index contributed by atoms with van der Waals surface area (Å²) in [5, 5.41) is 2.89. The van der Waals surface area contributed by atoms with E-state index in [0.717, 1.165) is 22.4 Å². The van der Waals surface area contributed by atoms with Gasteiger partial charge >= 0.3 is 0 Å². The molecule has 2 rings (SSSR count). The van der Waals surface area contributed by atoms with Crippen LogP contribution in [0.25, 0.3) is 0 Å². The Morgan fingerprint density at radius 1 is 1.25 bits per heavy atom. The number of nitrogens with one attached hydrogen (secondary N) is 2. The number of hydrogen-bond donors (Lipinski definition) is 3. The van der Waals surface area contributed by atoms with Crippen molar-refractivity contribution in [1.29, 1.82) is 0 Å². The van der Waals surface area contributed by atoms with Gasteiger partial charge in [0.05, 0.1) is 5.69 Å². The van der Waals surface area contributed by atoms with Crippen molar-refractivity contribution in [1.82, 2.24) is 10.3 Å². The molecular weight excluding hydrogens is 252 g/mol. The molecule has 5 nitrogen and oxygen atoms in total. The molecule has 1 heterocycles. The van der Waals surface area contributed by atoms with Crippen molar-refractivity contribution in [2.75, 3.05) is 5.43 Å². The lowest BCUT2D eigenvalue weighted by atomic mass is 10.1. The topological polar surface area (TPSA) is 80.0 Å². The van der Waals surface area contributed by atoms with E-state index in [1.165, 1.54) is 0 Å². The standard InChI is InChI=1S/C15H18N4O/c1-10-5-6-17-8-13(10)9-18-15(20)12-3-4-14(19-16)11(2)7-12/h3-8,19H,9,16H2,1-2H3,(H,18,20). The molecule has 1 aromatic heterocycles. The van der Waals surface area contributed by atoms with Gasteiger partial charge in [0.25, 0.3) is 5.91 Å². The van der Waals surface area contributed by atoms with Gasteiger partial charge in [0.2, 0.25) is 0 Å². The van der Waals surface area contributed by atoms with Crippen LogP contribution in [-0.2, 0) is 6.54 Å². The fraction of sp³-hybridized carbons (Fsp3) is 0.200. The van der Waals surface area contributed by atoms with Crippen LogP contribution in [0.15, 0.2) is 36.7 Å². The van der Waals surface area contributed by atoms with Gasteiger partial charge in [-0.3, -0.25) is 15.6 Å². The number of nitrogens with zero attached hydrogens (tertiary/aromatic N) is 1. The molecule has 0 atom stereocenters. The Morgan fingerprint density at radius 2 is 2.05 bits per heavy atom. The molecule has 0 bridgehead atoms. The molecule has 5 heteroatoms. The first kappa shape index (κ1) is 14.0. The van der Waals surface area contributed by atoms with Crippen LogP contribution in [0.1, 0.15) is 27.0 Å². The van der Waals surface area contributed by atoms with Gasteiger partial charge in [0.1, 0.15) is 0 Å². The van der Waals surface area contributed by atoms with Crippen LogP contribution < -0.4 is 16.6 Å². The number of rotatable bonds is 4. The third-order valence-corrected chi connectivity index (χ3v) is 3.23. The molecule has 0 aliphatic rings. The highest BCUT2D eigenvalue weighted by Crippen LogP contribution is 2.15. The van der Waals surface area contributed by atoms with Crippen LogP contribution in [0.4, 0.5) is 5.69 Å². The van der Waals surface area contributed by atoms with Crippen molar-refractivity contribution in [2.24, 2.45) is 5.84 Å². The molecule has 0 aliphatic heterocycles. The van der Waals surface area contributed by atoms with Crippen molar-refractivity contribution in [3.8, 4) is 0 Å². The summed E-state index contributed by atoms with van der Waals surface area (Å²) in [6.45, 7) is 4.36. The SMILES string of the molecule is Cc1ccncc1CNC(=O)c1ccc(NN)c(C)c1. The second-order valence-corrected chi connectivity index (χ2v) is 4.66. The van der Waals surface area contributed by atoms with Gasteiger partial charge in [-0.1, -0.05) is 0 Å². The van der Waals surface area contributed by atoms with Crippen LogP contribution >= 0.6 is 0 Å². The Hall–Kier alpha value is -2.40. The van der Waals surface area contributed by atoms with Crippen molar-refractivity contribution in [3.05, 3.63) is 58.9 Å². The summed E-state index contributed by atoms with van der Waals surface area (Å²) in [6, 6.07) is 7.27. The van der Waals surface area contributed by atoms with Gasteiger partial charge < -0.3 is 10.7 Å². The summed E-state index contributed by atoms with van der Waals surface area (Å²) in [6.07, 6.45) is 3.50. The summed E-state index contributed by atoms with van der Waals surface area (Å²) < 4.78 is 0. The second-order valence-electron chi connectivity index (χ2n) is 4.66. The van der Waals surface area contributed by atoms with Crippen LogP contribution in [-0.4, -0.2) is 10.9 Å². The molecule has 0 unspecified atom stereocenters. The van der Waals surface area contributed by atoms with E-state index < -0.39 is 0 Å². The Bertz CT molecular complexity index is 625. The number of hydrazine groups is 1. The molecule has 0 saturated carbocycles. The van der Waals surface area contributed by atoms with E-state index in [-0.39, 0.29) is 5.91 Å². The first-order valence-corrected chi connectivity index (χ1v) is 6.37.